The molecule has 0 aliphatic heterocycles. The first kappa shape index (κ1) is 4.59. The topological polar surface area (TPSA) is 0 Å². The molecule has 6 heavy (non-hydrogen) atoms. The summed E-state index contributed by atoms with van der Waals surface area (Å²) in [4.78, 5) is 0. The molecule has 1 unspecified atom stereocenters. The zero-order chi connectivity index (χ0) is 4.62. The van der Waals surface area contributed by atoms with Crippen LogP contribution in [-0.2, 0) is 0 Å². The maximum Gasteiger partial charge on any atom is -0.0291 e. The summed E-state index contributed by atoms with van der Waals surface area (Å²) >= 11 is 0. The second kappa shape index (κ2) is 1.20. The number of hydrogen-bond donors (Lipinski definition) is 0. The monoisotopic (exact) mass is 102 g/mol. The Morgan fingerprint density at radius 3 is 2.17 bits per heavy atom. The smallest absolute Gasteiger partial charge is 0.0291 e. The molecule has 0 aromatic heterocycles. The minimum Gasteiger partial charge on any atom is -0.137 e. The van der Waals surface area contributed by atoms with Crippen LogP contribution in [0.25, 0.3) is 0 Å². The zero-order valence-corrected chi connectivity index (χ0v) is 5.35. The first-order chi connectivity index (χ1) is 2.77. The van der Waals surface area contributed by atoms with E-state index in [-0.39, 0.29) is 0 Å². The van der Waals surface area contributed by atoms with E-state index in [1.807, 2.05) is 0 Å². The Balaban J connectivity index is 2.28. The largest absolute Gasteiger partial charge is 0.137 e. The van der Waals surface area contributed by atoms with Crippen LogP contribution in [-0.4, -0.2) is 6.16 Å². The molecule has 1 heteroatoms. The van der Waals surface area contributed by atoms with Gasteiger partial charge in [-0.3, -0.25) is 0 Å². The highest BCUT2D eigenvalue weighted by atomic mass is 31.0. The molecule has 1 rings (SSSR count). The van der Waals surface area contributed by atoms with Gasteiger partial charge in [0.1, 0.15) is 0 Å². The molecule has 0 heterocycles. The minimum atomic E-state index is 0.755. The third kappa shape index (κ3) is 0.733. The van der Waals surface area contributed by atoms with Crippen molar-refractivity contribution in [2.75, 3.05) is 6.16 Å². The lowest BCUT2D eigenvalue weighted by Crippen LogP contribution is -1.90. The van der Waals surface area contributed by atoms with Gasteiger partial charge in [-0.2, -0.15) is 0 Å². The van der Waals surface area contributed by atoms with E-state index in [0.717, 1.165) is 5.41 Å². The summed E-state index contributed by atoms with van der Waals surface area (Å²) in [5.41, 5.74) is 0.755. The molecule has 0 aromatic rings. The quantitative estimate of drug-likeness (QED) is 0.442. The van der Waals surface area contributed by atoms with E-state index in [1.165, 1.54) is 19.0 Å². The third-order valence-corrected chi connectivity index (χ3v) is 2.58. The molecule has 0 spiro atoms. The minimum absolute atomic E-state index is 0.755. The summed E-state index contributed by atoms with van der Waals surface area (Å²) in [5, 5.41) is 0. The molecule has 0 saturated heterocycles. The molecule has 1 aliphatic rings. The molecule has 0 radical (unpaired) electrons. The highest BCUT2D eigenvalue weighted by molar-refractivity contribution is 7.16. The highest BCUT2D eigenvalue weighted by Crippen LogP contribution is 2.46. The van der Waals surface area contributed by atoms with Crippen LogP contribution < -0.4 is 0 Å². The van der Waals surface area contributed by atoms with Gasteiger partial charge in [-0.1, -0.05) is 6.92 Å². The van der Waals surface area contributed by atoms with Gasteiger partial charge >= 0.3 is 0 Å². The summed E-state index contributed by atoms with van der Waals surface area (Å²) in [6.07, 6.45) is 4.21. The van der Waals surface area contributed by atoms with Crippen LogP contribution in [0.15, 0.2) is 0 Å². The molecule has 0 bridgehead atoms. The van der Waals surface area contributed by atoms with Crippen LogP contribution in [0.2, 0.25) is 0 Å². The summed E-state index contributed by atoms with van der Waals surface area (Å²) in [7, 11) is 2.79. The second-order valence-electron chi connectivity index (χ2n) is 2.51. The molecule has 1 saturated carbocycles. The zero-order valence-electron chi connectivity index (χ0n) is 4.20. The average molecular weight is 102 g/mol. The van der Waals surface area contributed by atoms with Gasteiger partial charge in [0.25, 0.3) is 0 Å². The van der Waals surface area contributed by atoms with E-state index in [0.29, 0.717) is 0 Å². The van der Waals surface area contributed by atoms with Crippen molar-refractivity contribution in [3.05, 3.63) is 0 Å². The van der Waals surface area contributed by atoms with Crippen LogP contribution >= 0.6 is 9.24 Å². The lowest BCUT2D eigenvalue weighted by atomic mass is 10.2. The molecule has 0 amide bonds. The number of hydrogen-bond acceptors (Lipinski definition) is 0. The Hall–Kier alpha value is 0.430. The van der Waals surface area contributed by atoms with E-state index >= 15 is 0 Å². The predicted octanol–water partition coefficient (Wildman–Crippen LogP) is 1.66. The molecule has 0 nitrogen and oxygen atoms in total. The Labute approximate surface area is 41.5 Å². The van der Waals surface area contributed by atoms with Crippen molar-refractivity contribution < 1.29 is 0 Å². The van der Waals surface area contributed by atoms with Crippen LogP contribution in [0.1, 0.15) is 19.8 Å². The van der Waals surface area contributed by atoms with E-state index in [4.69, 9.17) is 0 Å². The summed E-state index contributed by atoms with van der Waals surface area (Å²) in [5.74, 6) is 0. The van der Waals surface area contributed by atoms with E-state index < -0.39 is 0 Å². The first-order valence-corrected chi connectivity index (χ1v) is 3.29. The normalized spacial score (nSPS) is 27.0. The first-order valence-electron chi connectivity index (χ1n) is 2.47. The summed E-state index contributed by atoms with van der Waals surface area (Å²) in [6.45, 7) is 2.33. The molecular formula is C5H11P. The molecular weight excluding hydrogens is 91.0 g/mol. The van der Waals surface area contributed by atoms with Gasteiger partial charge in [0.15, 0.2) is 0 Å². The van der Waals surface area contributed by atoms with E-state index in [1.54, 1.807) is 0 Å². The lowest BCUT2D eigenvalue weighted by molar-refractivity contribution is 0.666. The van der Waals surface area contributed by atoms with Crippen LogP contribution in [0.3, 0.4) is 0 Å². The number of rotatable bonds is 1. The van der Waals surface area contributed by atoms with Crippen molar-refractivity contribution in [2.24, 2.45) is 5.41 Å². The third-order valence-electron chi connectivity index (χ3n) is 1.60. The summed E-state index contributed by atoms with van der Waals surface area (Å²) < 4.78 is 0. The van der Waals surface area contributed by atoms with E-state index in [9.17, 15) is 0 Å². The predicted molar refractivity (Wildman–Crippen MR) is 31.9 cm³/mol. The lowest BCUT2D eigenvalue weighted by Gasteiger charge is -1.96. The Bertz CT molecular complexity index is 55.0. The van der Waals surface area contributed by atoms with Crippen LogP contribution in [0.5, 0.6) is 0 Å². The average Bonchev–Trinajstić information content (AvgIpc) is 2.22. The van der Waals surface area contributed by atoms with Gasteiger partial charge in [-0.25, -0.2) is 0 Å². The Morgan fingerprint density at radius 2 is 2.17 bits per heavy atom. The fourth-order valence-corrected chi connectivity index (χ4v) is 0.826. The molecule has 0 N–H and O–H groups in total. The molecule has 1 atom stereocenters. The van der Waals surface area contributed by atoms with Gasteiger partial charge in [0.2, 0.25) is 0 Å². The molecule has 36 valence electrons. The molecule has 1 aliphatic carbocycles. The maximum absolute atomic E-state index is 2.79. The molecule has 1 fully saturated rings. The maximum atomic E-state index is 2.79. The van der Waals surface area contributed by atoms with Gasteiger partial charge < -0.3 is 0 Å². The standard InChI is InChI=1S/C5H11P/c1-5(4-6)2-3-5/h2-4,6H2,1H3. The van der Waals surface area contributed by atoms with Crippen LogP contribution in [0.4, 0.5) is 0 Å². The van der Waals surface area contributed by atoms with Crippen molar-refractivity contribution in [3.63, 3.8) is 0 Å². The fraction of sp³-hybridized carbons (Fsp3) is 1.00. The summed E-state index contributed by atoms with van der Waals surface area (Å²) in [6, 6.07) is 0. The van der Waals surface area contributed by atoms with Gasteiger partial charge in [0.05, 0.1) is 0 Å². The fourth-order valence-electron chi connectivity index (χ4n) is 0.418. The highest BCUT2D eigenvalue weighted by Gasteiger charge is 2.34. The van der Waals surface area contributed by atoms with Gasteiger partial charge in [-0.15, -0.1) is 9.24 Å². The second-order valence-corrected chi connectivity index (χ2v) is 2.92. The Morgan fingerprint density at radius 1 is 1.67 bits per heavy atom. The van der Waals surface area contributed by atoms with Crippen molar-refractivity contribution in [1.82, 2.24) is 0 Å². The van der Waals surface area contributed by atoms with Gasteiger partial charge in [0, 0.05) is 0 Å². The SMILES string of the molecule is CC1(CP)CC1. The van der Waals surface area contributed by atoms with E-state index in [2.05, 4.69) is 16.2 Å². The Kier molecular flexibility index (Phi) is 0.916. The van der Waals surface area contributed by atoms with Crippen molar-refractivity contribution in [3.8, 4) is 0 Å². The molecule has 0 aromatic carbocycles. The van der Waals surface area contributed by atoms with Gasteiger partial charge in [-0.05, 0) is 24.4 Å². The van der Waals surface area contributed by atoms with Crippen molar-refractivity contribution in [2.45, 2.75) is 19.8 Å². The van der Waals surface area contributed by atoms with Crippen molar-refractivity contribution in [1.29, 1.82) is 0 Å². The van der Waals surface area contributed by atoms with Crippen LogP contribution in [0, 0.1) is 5.41 Å². The van der Waals surface area contributed by atoms with Crippen molar-refractivity contribution >= 4 is 9.24 Å².